The quantitative estimate of drug-likeness (QED) is 0.942. The number of rotatable bonds is 3. The van der Waals surface area contributed by atoms with E-state index in [0.717, 1.165) is 21.5 Å². The lowest BCUT2D eigenvalue weighted by molar-refractivity contribution is 0.347. The maximum Gasteiger partial charge on any atom is 0.129 e. The first-order valence-corrected chi connectivity index (χ1v) is 6.93. The molecule has 2 rings (SSSR count). The zero-order valence-electron chi connectivity index (χ0n) is 11.6. The van der Waals surface area contributed by atoms with Gasteiger partial charge in [-0.25, -0.2) is 9.67 Å². The molecule has 2 aromatic rings. The second kappa shape index (κ2) is 5.28. The van der Waals surface area contributed by atoms with Gasteiger partial charge in [0, 0.05) is 10.7 Å². The Bertz CT molecular complexity index is 571. The summed E-state index contributed by atoms with van der Waals surface area (Å²) in [7, 11) is 0. The molecule has 0 aromatic carbocycles. The SMILES string of the molecule is Cc1cc(Br)cnc1NCc1cn(C(C)(C)C)nn1. The highest BCUT2D eigenvalue weighted by atomic mass is 79.9. The molecule has 0 spiro atoms. The van der Waals surface area contributed by atoms with Gasteiger partial charge in [0.2, 0.25) is 0 Å². The topological polar surface area (TPSA) is 55.6 Å². The Kier molecular flexibility index (Phi) is 3.89. The summed E-state index contributed by atoms with van der Waals surface area (Å²) in [5.74, 6) is 0.869. The fourth-order valence-electron chi connectivity index (χ4n) is 1.61. The third-order valence-electron chi connectivity index (χ3n) is 2.71. The highest BCUT2D eigenvalue weighted by molar-refractivity contribution is 9.10. The molecule has 6 heteroatoms. The summed E-state index contributed by atoms with van der Waals surface area (Å²) in [4.78, 5) is 4.34. The van der Waals surface area contributed by atoms with Crippen LogP contribution in [0.3, 0.4) is 0 Å². The summed E-state index contributed by atoms with van der Waals surface area (Å²) in [5.41, 5.74) is 1.95. The molecule has 102 valence electrons. The molecule has 0 unspecified atom stereocenters. The second-order valence-corrected chi connectivity index (χ2v) is 6.41. The molecule has 2 aromatic heterocycles. The fourth-order valence-corrected chi connectivity index (χ4v) is 2.05. The van der Waals surface area contributed by atoms with E-state index in [9.17, 15) is 0 Å². The normalized spacial score (nSPS) is 11.6. The lowest BCUT2D eigenvalue weighted by Crippen LogP contribution is -2.22. The number of pyridine rings is 1. The van der Waals surface area contributed by atoms with Crippen molar-refractivity contribution in [1.29, 1.82) is 0 Å². The standard InChI is InChI=1S/C13H18BrN5/c1-9-5-10(14)6-15-12(9)16-7-11-8-19(18-17-11)13(2,3)4/h5-6,8H,7H2,1-4H3,(H,15,16). The van der Waals surface area contributed by atoms with E-state index in [2.05, 4.69) is 57.3 Å². The summed E-state index contributed by atoms with van der Waals surface area (Å²) in [6.45, 7) is 8.93. The Morgan fingerprint density at radius 1 is 1.37 bits per heavy atom. The number of aryl methyl sites for hydroxylation is 1. The van der Waals surface area contributed by atoms with Crippen LogP contribution in [0.1, 0.15) is 32.0 Å². The van der Waals surface area contributed by atoms with Gasteiger partial charge in [-0.1, -0.05) is 5.21 Å². The first-order chi connectivity index (χ1) is 8.86. The number of aromatic nitrogens is 4. The van der Waals surface area contributed by atoms with Crippen LogP contribution in [0, 0.1) is 6.92 Å². The van der Waals surface area contributed by atoms with Gasteiger partial charge >= 0.3 is 0 Å². The van der Waals surface area contributed by atoms with Crippen LogP contribution in [0.25, 0.3) is 0 Å². The molecular formula is C13H18BrN5. The van der Waals surface area contributed by atoms with Crippen LogP contribution >= 0.6 is 15.9 Å². The van der Waals surface area contributed by atoms with Crippen molar-refractivity contribution in [3.05, 3.63) is 34.2 Å². The molecular weight excluding hydrogens is 306 g/mol. The Morgan fingerprint density at radius 3 is 2.68 bits per heavy atom. The van der Waals surface area contributed by atoms with Crippen molar-refractivity contribution in [1.82, 2.24) is 20.0 Å². The number of hydrogen-bond acceptors (Lipinski definition) is 4. The van der Waals surface area contributed by atoms with Gasteiger partial charge in [-0.15, -0.1) is 5.10 Å². The summed E-state index contributed by atoms with van der Waals surface area (Å²) in [5, 5.41) is 11.6. The van der Waals surface area contributed by atoms with Crippen LogP contribution in [0.5, 0.6) is 0 Å². The summed E-state index contributed by atoms with van der Waals surface area (Å²) < 4.78 is 2.85. The molecule has 0 amide bonds. The van der Waals surface area contributed by atoms with Gasteiger partial charge in [-0.05, 0) is 55.3 Å². The molecule has 2 heterocycles. The highest BCUT2D eigenvalue weighted by Crippen LogP contribution is 2.17. The molecule has 0 aliphatic rings. The van der Waals surface area contributed by atoms with Crippen molar-refractivity contribution in [2.24, 2.45) is 0 Å². The van der Waals surface area contributed by atoms with E-state index in [0.29, 0.717) is 6.54 Å². The molecule has 19 heavy (non-hydrogen) atoms. The van der Waals surface area contributed by atoms with E-state index in [4.69, 9.17) is 0 Å². The van der Waals surface area contributed by atoms with Crippen LogP contribution in [-0.4, -0.2) is 20.0 Å². The number of nitrogens with one attached hydrogen (secondary N) is 1. The Labute approximate surface area is 121 Å². The van der Waals surface area contributed by atoms with Crippen molar-refractivity contribution < 1.29 is 0 Å². The summed E-state index contributed by atoms with van der Waals surface area (Å²) in [6.07, 6.45) is 3.74. The smallest absolute Gasteiger partial charge is 0.129 e. The average Bonchev–Trinajstić information content (AvgIpc) is 2.76. The molecule has 1 N–H and O–H groups in total. The van der Waals surface area contributed by atoms with Gasteiger partial charge < -0.3 is 5.32 Å². The van der Waals surface area contributed by atoms with E-state index in [1.54, 1.807) is 6.20 Å². The molecule has 0 saturated carbocycles. The Balaban J connectivity index is 2.04. The molecule has 0 saturated heterocycles. The lowest BCUT2D eigenvalue weighted by Gasteiger charge is -2.17. The van der Waals surface area contributed by atoms with Crippen LogP contribution in [-0.2, 0) is 12.1 Å². The fraction of sp³-hybridized carbons (Fsp3) is 0.462. The van der Waals surface area contributed by atoms with Crippen molar-refractivity contribution in [3.8, 4) is 0 Å². The van der Waals surface area contributed by atoms with E-state index in [1.807, 2.05) is 23.9 Å². The van der Waals surface area contributed by atoms with Gasteiger partial charge in [0.05, 0.1) is 18.3 Å². The van der Waals surface area contributed by atoms with Gasteiger partial charge in [-0.3, -0.25) is 0 Å². The van der Waals surface area contributed by atoms with Crippen molar-refractivity contribution in [2.45, 2.75) is 39.8 Å². The predicted molar refractivity (Wildman–Crippen MR) is 79.0 cm³/mol. The largest absolute Gasteiger partial charge is 0.364 e. The van der Waals surface area contributed by atoms with Gasteiger partial charge in [0.25, 0.3) is 0 Å². The highest BCUT2D eigenvalue weighted by Gasteiger charge is 2.14. The van der Waals surface area contributed by atoms with Crippen LogP contribution in [0.4, 0.5) is 5.82 Å². The number of halogens is 1. The first-order valence-electron chi connectivity index (χ1n) is 6.14. The van der Waals surface area contributed by atoms with E-state index < -0.39 is 0 Å². The molecule has 5 nitrogen and oxygen atoms in total. The molecule has 0 atom stereocenters. The van der Waals surface area contributed by atoms with Crippen LogP contribution in [0.15, 0.2) is 22.9 Å². The molecule has 0 aliphatic heterocycles. The maximum atomic E-state index is 4.34. The molecule has 0 fully saturated rings. The third-order valence-corrected chi connectivity index (χ3v) is 3.14. The number of anilines is 1. The number of nitrogens with zero attached hydrogens (tertiary/aromatic N) is 4. The zero-order valence-corrected chi connectivity index (χ0v) is 13.2. The minimum absolute atomic E-state index is 0.0446. The lowest BCUT2D eigenvalue weighted by atomic mass is 10.1. The average molecular weight is 324 g/mol. The third kappa shape index (κ3) is 3.53. The van der Waals surface area contributed by atoms with E-state index in [-0.39, 0.29) is 5.54 Å². The number of hydrogen-bond donors (Lipinski definition) is 1. The first kappa shape index (κ1) is 14.0. The minimum Gasteiger partial charge on any atom is -0.364 e. The molecule has 0 bridgehead atoms. The molecule has 0 aliphatic carbocycles. The van der Waals surface area contributed by atoms with Gasteiger partial charge in [-0.2, -0.15) is 0 Å². The minimum atomic E-state index is -0.0446. The predicted octanol–water partition coefficient (Wildman–Crippen LogP) is 3.11. The van der Waals surface area contributed by atoms with Crippen molar-refractivity contribution in [3.63, 3.8) is 0 Å². The maximum absolute atomic E-state index is 4.34. The Morgan fingerprint density at radius 2 is 2.11 bits per heavy atom. The summed E-state index contributed by atoms with van der Waals surface area (Å²) >= 11 is 3.40. The zero-order chi connectivity index (χ0) is 14.0. The Hall–Kier alpha value is -1.43. The van der Waals surface area contributed by atoms with Gasteiger partial charge in [0.1, 0.15) is 11.5 Å². The van der Waals surface area contributed by atoms with Crippen LogP contribution < -0.4 is 5.32 Å². The second-order valence-electron chi connectivity index (χ2n) is 5.50. The monoisotopic (exact) mass is 323 g/mol. The van der Waals surface area contributed by atoms with Crippen LogP contribution in [0.2, 0.25) is 0 Å². The van der Waals surface area contributed by atoms with Crippen molar-refractivity contribution >= 4 is 21.7 Å². The van der Waals surface area contributed by atoms with E-state index in [1.165, 1.54) is 0 Å². The van der Waals surface area contributed by atoms with E-state index >= 15 is 0 Å². The van der Waals surface area contributed by atoms with Gasteiger partial charge in [0.15, 0.2) is 0 Å². The van der Waals surface area contributed by atoms with Crippen molar-refractivity contribution in [2.75, 3.05) is 5.32 Å². The summed E-state index contributed by atoms with van der Waals surface area (Å²) in [6, 6.07) is 2.03. The molecule has 0 radical (unpaired) electrons.